The molecule has 0 aromatic heterocycles. The molecule has 2 saturated heterocycles. The highest BCUT2D eigenvalue weighted by molar-refractivity contribution is 5.93. The summed E-state index contributed by atoms with van der Waals surface area (Å²) in [4.78, 5) is 14.1. The summed E-state index contributed by atoms with van der Waals surface area (Å²) in [6, 6.07) is 0.736. The van der Waals surface area contributed by atoms with Gasteiger partial charge in [-0.25, -0.2) is 0 Å². The van der Waals surface area contributed by atoms with Crippen LogP contribution < -0.4 is 5.32 Å². The quantitative estimate of drug-likeness (QED) is 0.713. The molecule has 3 heteroatoms. The zero-order valence-electron chi connectivity index (χ0n) is 10.3. The molecule has 3 fully saturated rings. The normalized spacial score (nSPS) is 27.9. The van der Waals surface area contributed by atoms with Gasteiger partial charge in [0.1, 0.15) is 0 Å². The van der Waals surface area contributed by atoms with E-state index in [0.717, 1.165) is 25.0 Å². The Kier molecular flexibility index (Phi) is 3.33. The predicted octanol–water partition coefficient (Wildman–Crippen LogP) is 1.41. The van der Waals surface area contributed by atoms with Crippen molar-refractivity contribution in [1.29, 1.82) is 0 Å². The van der Waals surface area contributed by atoms with E-state index in [1.54, 1.807) is 0 Å². The molecule has 0 spiro atoms. The summed E-state index contributed by atoms with van der Waals surface area (Å²) >= 11 is 0. The number of hydrogen-bond acceptors (Lipinski definition) is 2. The fraction of sp³-hybridized carbons (Fsp3) is 0.769. The molecule has 1 aliphatic carbocycles. The van der Waals surface area contributed by atoms with Crippen molar-refractivity contribution in [2.24, 2.45) is 11.8 Å². The van der Waals surface area contributed by atoms with E-state index in [-0.39, 0.29) is 5.91 Å². The maximum Gasteiger partial charge on any atom is 0.247 e. The number of rotatable bonds is 5. The van der Waals surface area contributed by atoms with E-state index in [2.05, 4.69) is 30.6 Å². The third-order valence-corrected chi connectivity index (χ3v) is 3.61. The fourth-order valence-electron chi connectivity index (χ4n) is 2.56. The van der Waals surface area contributed by atoms with Crippen molar-refractivity contribution < 1.29 is 4.79 Å². The summed E-state index contributed by atoms with van der Waals surface area (Å²) in [7, 11) is 0. The Bertz CT molecular complexity index is 292. The van der Waals surface area contributed by atoms with Gasteiger partial charge in [0, 0.05) is 31.2 Å². The Morgan fingerprint density at radius 2 is 2.19 bits per heavy atom. The Balaban J connectivity index is 1.72. The van der Waals surface area contributed by atoms with Crippen LogP contribution >= 0.6 is 0 Å². The van der Waals surface area contributed by atoms with E-state index in [0.29, 0.717) is 11.5 Å². The molecule has 0 aromatic carbocycles. The Morgan fingerprint density at radius 3 is 2.69 bits per heavy atom. The zero-order chi connectivity index (χ0) is 11.7. The van der Waals surface area contributed by atoms with Crippen LogP contribution in [0.15, 0.2) is 12.2 Å². The van der Waals surface area contributed by atoms with Crippen LogP contribution in [0.3, 0.4) is 0 Å². The van der Waals surface area contributed by atoms with Crippen molar-refractivity contribution >= 4 is 5.91 Å². The van der Waals surface area contributed by atoms with Gasteiger partial charge in [-0.1, -0.05) is 20.4 Å². The molecule has 0 radical (unpaired) electrons. The van der Waals surface area contributed by atoms with Crippen LogP contribution in [0.4, 0.5) is 0 Å². The maximum absolute atomic E-state index is 11.7. The van der Waals surface area contributed by atoms with Gasteiger partial charge in [0.2, 0.25) is 5.91 Å². The van der Waals surface area contributed by atoms with Crippen molar-refractivity contribution in [2.45, 2.75) is 32.7 Å². The van der Waals surface area contributed by atoms with Crippen LogP contribution in [-0.2, 0) is 4.79 Å². The summed E-state index contributed by atoms with van der Waals surface area (Å²) in [5.41, 5.74) is 0.716. The van der Waals surface area contributed by atoms with E-state index in [1.165, 1.54) is 19.4 Å². The molecule has 1 saturated carbocycles. The molecular formula is C13H22N2O. The number of carbonyl (C=O) groups is 1. The van der Waals surface area contributed by atoms with Crippen LogP contribution in [0.1, 0.15) is 26.7 Å². The molecular weight excluding hydrogens is 200 g/mol. The third-order valence-electron chi connectivity index (χ3n) is 3.61. The summed E-state index contributed by atoms with van der Waals surface area (Å²) in [5.74, 6) is 1.42. The lowest BCUT2D eigenvalue weighted by Crippen LogP contribution is -2.35. The maximum atomic E-state index is 11.7. The van der Waals surface area contributed by atoms with Gasteiger partial charge in [-0.05, 0) is 24.7 Å². The van der Waals surface area contributed by atoms with E-state index < -0.39 is 0 Å². The van der Waals surface area contributed by atoms with Crippen LogP contribution in [0.25, 0.3) is 0 Å². The predicted molar refractivity (Wildman–Crippen MR) is 65.1 cm³/mol. The molecule has 2 heterocycles. The standard InChI is InChI=1S/C13H22N2O/c1-9(2)6-14-13(16)10(3)7-15-8-11-4-12(15)5-11/h9,11-12H,3-8H2,1-2H3,(H,14,16). The number of carbonyl (C=O) groups excluding carboxylic acids is 1. The number of nitrogens with one attached hydrogen (secondary N) is 1. The molecule has 3 aliphatic rings. The minimum Gasteiger partial charge on any atom is -0.352 e. The average molecular weight is 222 g/mol. The number of fused-ring (bicyclic) bond motifs is 1. The lowest BCUT2D eigenvalue weighted by atomic mass is 9.86. The summed E-state index contributed by atoms with van der Waals surface area (Å²) < 4.78 is 0. The highest BCUT2D eigenvalue weighted by Crippen LogP contribution is 2.40. The summed E-state index contributed by atoms with van der Waals surface area (Å²) in [6.07, 6.45) is 2.67. The molecule has 2 bridgehead atoms. The number of amides is 1. The zero-order valence-corrected chi connectivity index (χ0v) is 10.3. The Hall–Kier alpha value is -0.830. The van der Waals surface area contributed by atoms with Crippen molar-refractivity contribution in [2.75, 3.05) is 19.6 Å². The monoisotopic (exact) mass is 222 g/mol. The first kappa shape index (κ1) is 11.6. The van der Waals surface area contributed by atoms with Gasteiger partial charge in [-0.2, -0.15) is 0 Å². The highest BCUT2D eigenvalue weighted by atomic mass is 16.1. The molecule has 0 atom stereocenters. The van der Waals surface area contributed by atoms with Gasteiger partial charge in [-0.15, -0.1) is 0 Å². The first-order chi connectivity index (χ1) is 7.56. The Labute approximate surface area is 97.9 Å². The first-order valence-electron chi connectivity index (χ1n) is 6.26. The molecule has 1 N–H and O–H groups in total. The van der Waals surface area contributed by atoms with E-state index >= 15 is 0 Å². The topological polar surface area (TPSA) is 32.3 Å². The van der Waals surface area contributed by atoms with Gasteiger partial charge in [0.05, 0.1) is 0 Å². The second-order valence-corrected chi connectivity index (χ2v) is 5.63. The van der Waals surface area contributed by atoms with Gasteiger partial charge in [0.25, 0.3) is 0 Å². The highest BCUT2D eigenvalue weighted by Gasteiger charge is 2.42. The molecule has 0 aromatic rings. The second-order valence-electron chi connectivity index (χ2n) is 5.63. The van der Waals surface area contributed by atoms with Crippen molar-refractivity contribution in [1.82, 2.24) is 10.2 Å². The third kappa shape index (κ3) is 2.46. The molecule has 0 unspecified atom stereocenters. The smallest absolute Gasteiger partial charge is 0.247 e. The van der Waals surface area contributed by atoms with Crippen LogP contribution in [0.2, 0.25) is 0 Å². The second kappa shape index (κ2) is 4.58. The molecule has 90 valence electrons. The molecule has 1 amide bonds. The van der Waals surface area contributed by atoms with E-state index in [4.69, 9.17) is 0 Å². The van der Waals surface area contributed by atoms with Gasteiger partial charge in [-0.3, -0.25) is 9.69 Å². The van der Waals surface area contributed by atoms with Gasteiger partial charge in [0.15, 0.2) is 0 Å². The minimum absolute atomic E-state index is 0.0257. The molecule has 2 aliphatic heterocycles. The minimum atomic E-state index is 0.0257. The lowest BCUT2D eigenvalue weighted by molar-refractivity contribution is -0.117. The average Bonchev–Trinajstić information content (AvgIpc) is 2.71. The summed E-state index contributed by atoms with van der Waals surface area (Å²) in [5, 5.41) is 2.92. The van der Waals surface area contributed by atoms with Crippen molar-refractivity contribution in [3.63, 3.8) is 0 Å². The van der Waals surface area contributed by atoms with Crippen molar-refractivity contribution in [3.8, 4) is 0 Å². The number of hydrogen-bond donors (Lipinski definition) is 1. The summed E-state index contributed by atoms with van der Waals surface area (Å²) in [6.45, 7) is 10.7. The van der Waals surface area contributed by atoms with Crippen LogP contribution in [-0.4, -0.2) is 36.5 Å². The lowest BCUT2D eigenvalue weighted by Gasteiger charge is -2.26. The number of nitrogens with zero attached hydrogens (tertiary/aromatic N) is 1. The molecule has 3 nitrogen and oxygen atoms in total. The van der Waals surface area contributed by atoms with E-state index in [1.807, 2.05) is 0 Å². The fourth-order valence-corrected chi connectivity index (χ4v) is 2.56. The SMILES string of the molecule is C=C(CN1CC2CC1C2)C(=O)NCC(C)C. The largest absolute Gasteiger partial charge is 0.352 e. The van der Waals surface area contributed by atoms with Gasteiger partial charge >= 0.3 is 0 Å². The van der Waals surface area contributed by atoms with Crippen molar-refractivity contribution in [3.05, 3.63) is 12.2 Å². The first-order valence-corrected chi connectivity index (χ1v) is 6.26. The Morgan fingerprint density at radius 1 is 1.50 bits per heavy atom. The van der Waals surface area contributed by atoms with E-state index in [9.17, 15) is 4.79 Å². The van der Waals surface area contributed by atoms with Gasteiger partial charge < -0.3 is 5.32 Å². The molecule has 3 rings (SSSR count). The van der Waals surface area contributed by atoms with Crippen LogP contribution in [0, 0.1) is 11.8 Å². The van der Waals surface area contributed by atoms with Crippen LogP contribution in [0.5, 0.6) is 0 Å². The molecule has 16 heavy (non-hydrogen) atoms.